The minimum atomic E-state index is -1.43. The van der Waals surface area contributed by atoms with E-state index in [9.17, 15) is 19.5 Å². The predicted octanol–water partition coefficient (Wildman–Crippen LogP) is -3.15. The van der Waals surface area contributed by atoms with Crippen LogP contribution in [0.15, 0.2) is 31.7 Å². The number of thiazole rings is 1. The van der Waals surface area contributed by atoms with Crippen LogP contribution in [0.5, 0.6) is 0 Å². The standard InChI is InChI=1S/C17H16N6O5S4.Na/c1-7-19-17(32-22-7)31-4-8-3-30-15-11(14(25)23(15)12(8)16(26)27)20-13(24)10(21-28-2)9-5-29-6-18-9;/h5-6,11,15H,3-4H2,1-2H3,(H,20,24)(H,26,27);/q;+1/p-1/b21-10-;/t11?,15-;/m1./s1. The number of hydrogen-bond donors (Lipinski definition) is 1. The molecule has 33 heavy (non-hydrogen) atoms. The zero-order valence-electron chi connectivity index (χ0n) is 17.6. The number of nitrogens with zero attached hydrogens (tertiary/aromatic N) is 5. The summed E-state index contributed by atoms with van der Waals surface area (Å²) in [5.41, 5.74) is 2.20. The van der Waals surface area contributed by atoms with Crippen LogP contribution in [0.4, 0.5) is 0 Å². The molecule has 1 N–H and O–H groups in total. The molecule has 2 aromatic heterocycles. The van der Waals surface area contributed by atoms with Crippen molar-refractivity contribution in [3.63, 3.8) is 0 Å². The summed E-state index contributed by atoms with van der Waals surface area (Å²) in [5, 5.41) is 19.3. The number of carboxylic acid groups (broad SMARTS) is 1. The Labute approximate surface area is 226 Å². The second-order valence-corrected chi connectivity index (χ2v) is 10.3. The molecule has 0 bridgehead atoms. The third-order valence-corrected chi connectivity index (χ3v) is 8.42. The van der Waals surface area contributed by atoms with E-state index in [1.54, 1.807) is 17.8 Å². The third kappa shape index (κ3) is 5.44. The molecule has 2 aliphatic heterocycles. The van der Waals surface area contributed by atoms with Crippen molar-refractivity contribution in [1.29, 1.82) is 0 Å². The molecule has 0 radical (unpaired) electrons. The fourth-order valence-electron chi connectivity index (χ4n) is 3.10. The number of aryl methyl sites for hydroxylation is 1. The number of amides is 2. The number of carbonyl (C=O) groups is 3. The van der Waals surface area contributed by atoms with Crippen molar-refractivity contribution >= 4 is 69.9 Å². The number of oxime groups is 1. The second-order valence-electron chi connectivity index (χ2n) is 6.49. The van der Waals surface area contributed by atoms with Gasteiger partial charge in [0.05, 0.1) is 17.2 Å². The molecule has 0 aromatic carbocycles. The van der Waals surface area contributed by atoms with Gasteiger partial charge in [0, 0.05) is 16.9 Å². The number of thioether (sulfide) groups is 2. The summed E-state index contributed by atoms with van der Waals surface area (Å²) in [6, 6.07) is -0.900. The van der Waals surface area contributed by atoms with Crippen LogP contribution in [0.25, 0.3) is 0 Å². The van der Waals surface area contributed by atoms with Crippen LogP contribution in [0.1, 0.15) is 11.5 Å². The van der Waals surface area contributed by atoms with E-state index < -0.39 is 29.2 Å². The average Bonchev–Trinajstić information content (AvgIpc) is 3.45. The van der Waals surface area contributed by atoms with E-state index in [0.717, 1.165) is 0 Å². The van der Waals surface area contributed by atoms with Crippen LogP contribution < -0.4 is 40.0 Å². The molecule has 0 aliphatic carbocycles. The largest absolute Gasteiger partial charge is 1.00 e. The van der Waals surface area contributed by atoms with Crippen molar-refractivity contribution in [2.75, 3.05) is 18.6 Å². The third-order valence-electron chi connectivity index (χ3n) is 4.48. The Morgan fingerprint density at radius 1 is 1.45 bits per heavy atom. The fraction of sp³-hybridized carbons (Fsp3) is 0.353. The summed E-state index contributed by atoms with van der Waals surface area (Å²) < 4.78 is 4.82. The predicted molar refractivity (Wildman–Crippen MR) is 118 cm³/mol. The van der Waals surface area contributed by atoms with E-state index >= 15 is 0 Å². The van der Waals surface area contributed by atoms with Crippen molar-refractivity contribution in [2.45, 2.75) is 22.7 Å². The van der Waals surface area contributed by atoms with E-state index in [4.69, 9.17) is 4.84 Å². The number of carbonyl (C=O) groups excluding carboxylic acids is 3. The van der Waals surface area contributed by atoms with Crippen LogP contribution in [0, 0.1) is 6.92 Å². The fourth-order valence-corrected chi connectivity index (χ4v) is 6.77. The van der Waals surface area contributed by atoms with Crippen LogP contribution >= 0.6 is 46.4 Å². The maximum atomic E-state index is 12.8. The van der Waals surface area contributed by atoms with Gasteiger partial charge in [0.2, 0.25) is 0 Å². The topological polar surface area (TPSA) is 150 Å². The second kappa shape index (κ2) is 11.3. The van der Waals surface area contributed by atoms with Crippen molar-refractivity contribution < 1.29 is 53.9 Å². The van der Waals surface area contributed by atoms with Gasteiger partial charge in [-0.05, 0) is 24.0 Å². The Morgan fingerprint density at radius 3 is 2.85 bits per heavy atom. The number of carboxylic acids is 1. The van der Waals surface area contributed by atoms with Crippen LogP contribution in [-0.2, 0) is 19.2 Å². The zero-order chi connectivity index (χ0) is 22.8. The van der Waals surface area contributed by atoms with Crippen LogP contribution in [-0.4, -0.2) is 72.8 Å². The summed E-state index contributed by atoms with van der Waals surface area (Å²) in [7, 11) is 1.30. The van der Waals surface area contributed by atoms with E-state index in [-0.39, 0.29) is 41.0 Å². The number of aliphatic carboxylic acids is 1. The summed E-state index contributed by atoms with van der Waals surface area (Å²) >= 11 is 5.24. The minimum Gasteiger partial charge on any atom is -0.543 e. The average molecular weight is 535 g/mol. The molecule has 4 heterocycles. The maximum absolute atomic E-state index is 12.8. The van der Waals surface area contributed by atoms with Crippen molar-refractivity contribution in [2.24, 2.45) is 5.16 Å². The molecule has 1 fully saturated rings. The first kappa shape index (κ1) is 26.1. The Hall–Kier alpha value is -1.49. The first-order valence-corrected chi connectivity index (χ1v) is 12.8. The Morgan fingerprint density at radius 2 is 2.24 bits per heavy atom. The van der Waals surface area contributed by atoms with Crippen molar-refractivity contribution in [1.82, 2.24) is 24.6 Å². The number of nitrogens with one attached hydrogen (secondary N) is 1. The zero-order valence-corrected chi connectivity index (χ0v) is 22.9. The van der Waals surface area contributed by atoms with Crippen molar-refractivity contribution in [3.8, 4) is 0 Å². The van der Waals surface area contributed by atoms with Gasteiger partial charge in [0.15, 0.2) is 10.1 Å². The normalized spacial score (nSPS) is 20.0. The van der Waals surface area contributed by atoms with Gasteiger partial charge in [-0.25, -0.2) is 9.97 Å². The number of hydrogen-bond acceptors (Lipinski definition) is 13. The summed E-state index contributed by atoms with van der Waals surface area (Å²) in [4.78, 5) is 51.6. The molecule has 0 spiro atoms. The van der Waals surface area contributed by atoms with Crippen LogP contribution in [0.2, 0.25) is 0 Å². The molecule has 0 saturated carbocycles. The maximum Gasteiger partial charge on any atom is 1.00 e. The Kier molecular flexibility index (Phi) is 8.94. The van der Waals surface area contributed by atoms with E-state index in [0.29, 0.717) is 32.9 Å². The molecule has 2 atom stereocenters. The summed E-state index contributed by atoms with van der Waals surface area (Å²) in [6.45, 7) is 1.78. The molecule has 16 heteroatoms. The van der Waals surface area contributed by atoms with Gasteiger partial charge in [0.25, 0.3) is 11.8 Å². The molecule has 4 rings (SSSR count). The molecule has 2 aliphatic rings. The smallest absolute Gasteiger partial charge is 0.543 e. The number of rotatable bonds is 8. The van der Waals surface area contributed by atoms with Gasteiger partial charge in [0.1, 0.15) is 30.0 Å². The minimum absolute atomic E-state index is 0. The SMILES string of the molecule is CO/N=C(\C(=O)NC1C(=O)N2C(C(=O)[O-])=C(CSc3nc(C)ns3)CS[C@H]12)c1cscn1.[Na+]. The first-order chi connectivity index (χ1) is 15.4. The van der Waals surface area contributed by atoms with Crippen LogP contribution in [0.3, 0.4) is 0 Å². The molecular weight excluding hydrogens is 519 g/mol. The van der Waals surface area contributed by atoms with Gasteiger partial charge in [-0.3, -0.25) is 14.5 Å². The molecular formula is C17H15N6NaO5S4. The summed E-state index contributed by atoms with van der Waals surface area (Å²) in [5.74, 6) is -1.23. The van der Waals surface area contributed by atoms with Gasteiger partial charge in [-0.1, -0.05) is 16.9 Å². The van der Waals surface area contributed by atoms with Gasteiger partial charge in [-0.15, -0.1) is 23.1 Å². The first-order valence-electron chi connectivity index (χ1n) is 9.02. The number of fused-ring (bicyclic) bond motifs is 1. The Bertz CT molecular complexity index is 1120. The molecule has 1 unspecified atom stereocenters. The quantitative estimate of drug-likeness (QED) is 0.121. The van der Waals surface area contributed by atoms with Gasteiger partial charge in [-0.2, -0.15) is 4.37 Å². The molecule has 2 amide bonds. The van der Waals surface area contributed by atoms with E-state index in [2.05, 4.69) is 24.8 Å². The van der Waals surface area contributed by atoms with E-state index in [1.165, 1.54) is 58.4 Å². The number of β-lactam (4-membered cyclic amide) rings is 1. The van der Waals surface area contributed by atoms with Gasteiger partial charge < -0.3 is 20.1 Å². The molecule has 168 valence electrons. The number of aromatic nitrogens is 3. The summed E-state index contributed by atoms with van der Waals surface area (Å²) in [6.07, 6.45) is 0. The van der Waals surface area contributed by atoms with Crippen molar-refractivity contribution in [3.05, 3.63) is 33.7 Å². The van der Waals surface area contributed by atoms with E-state index in [1.807, 2.05) is 0 Å². The Balaban J connectivity index is 0.00000306. The molecule has 2 aromatic rings. The molecule has 1 saturated heterocycles. The van der Waals surface area contributed by atoms with Gasteiger partial charge >= 0.3 is 29.6 Å². The molecule has 11 nitrogen and oxygen atoms in total. The monoisotopic (exact) mass is 534 g/mol.